The lowest BCUT2D eigenvalue weighted by molar-refractivity contribution is 0.617. The van der Waals surface area contributed by atoms with Crippen LogP contribution in [-0.4, -0.2) is 12.6 Å². The van der Waals surface area contributed by atoms with Gasteiger partial charge in [-0.2, -0.15) is 0 Å². The van der Waals surface area contributed by atoms with Crippen molar-refractivity contribution >= 4 is 22.0 Å². The minimum atomic E-state index is 0.537. The summed E-state index contributed by atoms with van der Waals surface area (Å²) in [7, 11) is 0. The van der Waals surface area contributed by atoms with Crippen LogP contribution in [0.4, 0.5) is 0 Å². The Kier molecular flexibility index (Phi) is 5.93. The second-order valence-electron chi connectivity index (χ2n) is 4.70. The highest BCUT2D eigenvalue weighted by Gasteiger charge is 1.99. The van der Waals surface area contributed by atoms with Crippen LogP contribution in [0.1, 0.15) is 38.3 Å². The molecule has 0 aliphatic rings. The Hall–Kier alpha value is -0.600. The molecule has 0 heterocycles. The number of hydrogen-bond acceptors (Lipinski definition) is 1. The number of hydrogen-bond donors (Lipinski definition) is 1. The molecule has 1 aromatic rings. The summed E-state index contributed by atoms with van der Waals surface area (Å²) in [6.07, 6.45) is 3.37. The summed E-state index contributed by atoms with van der Waals surface area (Å²) >= 11 is 3.58. The summed E-state index contributed by atoms with van der Waals surface area (Å²) in [5.41, 5.74) is 3.99. The number of benzene rings is 1. The van der Waals surface area contributed by atoms with E-state index in [9.17, 15) is 0 Å². The number of rotatable bonds is 5. The number of aryl methyl sites for hydroxylation is 1. The fourth-order valence-corrected chi connectivity index (χ4v) is 1.94. The fraction of sp³-hybridized carbons (Fsp3) is 0.467. The predicted molar refractivity (Wildman–Crippen MR) is 80.3 cm³/mol. The molecule has 2 heteroatoms. The van der Waals surface area contributed by atoms with Crippen LogP contribution in [0.15, 0.2) is 28.2 Å². The lowest BCUT2D eigenvalue weighted by atomic mass is 10.1. The third-order valence-electron chi connectivity index (χ3n) is 2.76. The molecule has 0 saturated heterocycles. The fourth-order valence-electron chi connectivity index (χ4n) is 1.55. The van der Waals surface area contributed by atoms with E-state index >= 15 is 0 Å². The van der Waals surface area contributed by atoms with Gasteiger partial charge < -0.3 is 5.32 Å². The average molecular weight is 296 g/mol. The normalized spacial score (nSPS) is 12.2. The lowest BCUT2D eigenvalue weighted by Crippen LogP contribution is -2.24. The Morgan fingerprint density at radius 1 is 1.41 bits per heavy atom. The van der Waals surface area contributed by atoms with Crippen LogP contribution in [0.3, 0.4) is 0 Å². The first-order valence-corrected chi connectivity index (χ1v) is 7.01. The molecule has 17 heavy (non-hydrogen) atoms. The first-order valence-electron chi connectivity index (χ1n) is 6.22. The number of halogens is 1. The van der Waals surface area contributed by atoms with Crippen molar-refractivity contribution in [1.29, 1.82) is 0 Å². The molecule has 0 amide bonds. The van der Waals surface area contributed by atoms with Crippen LogP contribution in [0.2, 0.25) is 0 Å². The van der Waals surface area contributed by atoms with Crippen LogP contribution in [-0.2, 0) is 0 Å². The van der Waals surface area contributed by atoms with Gasteiger partial charge in [0.05, 0.1) is 0 Å². The maximum atomic E-state index is 3.58. The van der Waals surface area contributed by atoms with Crippen molar-refractivity contribution in [3.63, 3.8) is 0 Å². The molecule has 0 atom stereocenters. The molecule has 1 N–H and O–H groups in total. The zero-order valence-electron chi connectivity index (χ0n) is 11.2. The summed E-state index contributed by atoms with van der Waals surface area (Å²) in [6.45, 7) is 9.64. The topological polar surface area (TPSA) is 12.0 Å². The van der Waals surface area contributed by atoms with Crippen LogP contribution >= 0.6 is 15.9 Å². The second-order valence-corrected chi connectivity index (χ2v) is 5.55. The van der Waals surface area contributed by atoms with E-state index in [-0.39, 0.29) is 0 Å². The molecule has 0 spiro atoms. The van der Waals surface area contributed by atoms with E-state index in [2.05, 4.69) is 73.2 Å². The molecule has 0 aromatic heterocycles. The standard InChI is InChI=1S/C15H22BrN/c1-5-13(10-17-11(2)3)8-14-7-6-12(4)15(16)9-14/h6-9,11,17H,5,10H2,1-4H3/b13-8-. The van der Waals surface area contributed by atoms with Gasteiger partial charge in [-0.3, -0.25) is 0 Å². The summed E-state index contributed by atoms with van der Waals surface area (Å²) in [6, 6.07) is 7.04. The molecule has 0 radical (unpaired) electrons. The third-order valence-corrected chi connectivity index (χ3v) is 3.61. The van der Waals surface area contributed by atoms with Crippen molar-refractivity contribution in [3.05, 3.63) is 39.4 Å². The van der Waals surface area contributed by atoms with Crippen LogP contribution < -0.4 is 5.32 Å². The van der Waals surface area contributed by atoms with Gasteiger partial charge in [0.1, 0.15) is 0 Å². The van der Waals surface area contributed by atoms with E-state index in [1.54, 1.807) is 0 Å². The van der Waals surface area contributed by atoms with Crippen molar-refractivity contribution in [2.45, 2.75) is 40.2 Å². The van der Waals surface area contributed by atoms with Gasteiger partial charge in [0.2, 0.25) is 0 Å². The Morgan fingerprint density at radius 2 is 2.12 bits per heavy atom. The highest BCUT2D eigenvalue weighted by molar-refractivity contribution is 9.10. The molecule has 1 nitrogen and oxygen atoms in total. The summed E-state index contributed by atoms with van der Waals surface area (Å²) < 4.78 is 1.18. The van der Waals surface area contributed by atoms with Crippen LogP contribution in [0, 0.1) is 6.92 Å². The largest absolute Gasteiger partial charge is 0.311 e. The van der Waals surface area contributed by atoms with E-state index in [1.165, 1.54) is 21.2 Å². The van der Waals surface area contributed by atoms with E-state index in [4.69, 9.17) is 0 Å². The summed E-state index contributed by atoms with van der Waals surface area (Å²) in [5, 5.41) is 3.46. The zero-order chi connectivity index (χ0) is 12.8. The Labute approximate surface area is 113 Å². The minimum absolute atomic E-state index is 0.537. The minimum Gasteiger partial charge on any atom is -0.311 e. The molecule has 0 saturated carbocycles. The molecule has 94 valence electrons. The Balaban J connectivity index is 2.79. The van der Waals surface area contributed by atoms with Crippen molar-refractivity contribution in [3.8, 4) is 0 Å². The highest BCUT2D eigenvalue weighted by atomic mass is 79.9. The monoisotopic (exact) mass is 295 g/mol. The van der Waals surface area contributed by atoms with Crippen molar-refractivity contribution in [1.82, 2.24) is 5.32 Å². The molecule has 0 bridgehead atoms. The zero-order valence-corrected chi connectivity index (χ0v) is 12.8. The van der Waals surface area contributed by atoms with Crippen LogP contribution in [0.25, 0.3) is 6.08 Å². The maximum absolute atomic E-state index is 3.58. The van der Waals surface area contributed by atoms with Crippen molar-refractivity contribution in [2.75, 3.05) is 6.54 Å². The van der Waals surface area contributed by atoms with Gasteiger partial charge in [-0.25, -0.2) is 0 Å². The Bertz CT molecular complexity index is 394. The molecule has 1 aromatic carbocycles. The molecule has 0 aliphatic heterocycles. The maximum Gasteiger partial charge on any atom is 0.0210 e. The smallest absolute Gasteiger partial charge is 0.0210 e. The van der Waals surface area contributed by atoms with Gasteiger partial charge in [-0.05, 0) is 30.5 Å². The Morgan fingerprint density at radius 3 is 2.65 bits per heavy atom. The lowest BCUT2D eigenvalue weighted by Gasteiger charge is -2.10. The summed E-state index contributed by atoms with van der Waals surface area (Å²) in [4.78, 5) is 0. The predicted octanol–water partition coefficient (Wildman–Crippen LogP) is 4.55. The molecular weight excluding hydrogens is 274 g/mol. The van der Waals surface area contributed by atoms with Gasteiger partial charge in [0.25, 0.3) is 0 Å². The second kappa shape index (κ2) is 6.97. The third kappa shape index (κ3) is 5.05. The highest BCUT2D eigenvalue weighted by Crippen LogP contribution is 2.19. The quantitative estimate of drug-likeness (QED) is 0.840. The van der Waals surface area contributed by atoms with Gasteiger partial charge in [-0.15, -0.1) is 0 Å². The molecule has 0 fully saturated rings. The molecule has 0 unspecified atom stereocenters. The van der Waals surface area contributed by atoms with Crippen molar-refractivity contribution < 1.29 is 0 Å². The van der Waals surface area contributed by atoms with E-state index in [1.807, 2.05) is 0 Å². The van der Waals surface area contributed by atoms with E-state index in [0.717, 1.165) is 13.0 Å². The van der Waals surface area contributed by atoms with Gasteiger partial charge in [0.15, 0.2) is 0 Å². The van der Waals surface area contributed by atoms with Gasteiger partial charge >= 0.3 is 0 Å². The average Bonchev–Trinajstić information content (AvgIpc) is 2.28. The molecule has 0 aliphatic carbocycles. The van der Waals surface area contributed by atoms with Gasteiger partial charge in [0, 0.05) is 17.1 Å². The number of nitrogens with one attached hydrogen (secondary N) is 1. The summed E-state index contributed by atoms with van der Waals surface area (Å²) in [5.74, 6) is 0. The first-order chi connectivity index (χ1) is 8.02. The van der Waals surface area contributed by atoms with Gasteiger partial charge in [-0.1, -0.05) is 60.5 Å². The molecule has 1 rings (SSSR count). The van der Waals surface area contributed by atoms with E-state index in [0.29, 0.717) is 6.04 Å². The first kappa shape index (κ1) is 14.5. The van der Waals surface area contributed by atoms with E-state index < -0.39 is 0 Å². The molecular formula is C15H22BrN. The SMILES string of the molecule is CC/C(=C/c1ccc(C)c(Br)c1)CNC(C)C. The van der Waals surface area contributed by atoms with Crippen molar-refractivity contribution in [2.24, 2.45) is 0 Å². The van der Waals surface area contributed by atoms with Crippen LogP contribution in [0.5, 0.6) is 0 Å².